The van der Waals surface area contributed by atoms with Gasteiger partial charge in [-0.3, -0.25) is 4.79 Å². The first kappa shape index (κ1) is 14.7. The standard InChI is InChI=1S/C10H18F2O2S/c1-8(9(13)14)15-7-5-3-4-6-10(2,11)12/h8H,3-7H2,1-2H3,(H,13,14). The van der Waals surface area contributed by atoms with Gasteiger partial charge in [-0.15, -0.1) is 11.8 Å². The summed E-state index contributed by atoms with van der Waals surface area (Å²) in [6.45, 7) is 2.56. The molecule has 0 saturated carbocycles. The number of rotatable bonds is 8. The number of unbranched alkanes of at least 4 members (excludes halogenated alkanes) is 2. The van der Waals surface area contributed by atoms with Gasteiger partial charge in [-0.25, -0.2) is 8.78 Å². The molecule has 0 aliphatic carbocycles. The zero-order valence-electron chi connectivity index (χ0n) is 9.13. The van der Waals surface area contributed by atoms with E-state index >= 15 is 0 Å². The van der Waals surface area contributed by atoms with E-state index in [0.717, 1.165) is 25.5 Å². The Morgan fingerprint density at radius 3 is 2.47 bits per heavy atom. The normalized spacial score (nSPS) is 13.9. The Kier molecular flexibility index (Phi) is 6.89. The first-order chi connectivity index (χ1) is 6.83. The van der Waals surface area contributed by atoms with Crippen LogP contribution in [-0.2, 0) is 4.79 Å². The molecule has 0 aliphatic rings. The number of halogens is 2. The highest BCUT2D eigenvalue weighted by Gasteiger charge is 2.19. The van der Waals surface area contributed by atoms with Crippen molar-refractivity contribution in [2.75, 3.05) is 5.75 Å². The summed E-state index contributed by atoms with van der Waals surface area (Å²) in [5.74, 6) is -2.66. The Balaban J connectivity index is 3.29. The summed E-state index contributed by atoms with van der Waals surface area (Å²) in [6.07, 6.45) is 1.97. The van der Waals surface area contributed by atoms with Gasteiger partial charge >= 0.3 is 5.97 Å². The van der Waals surface area contributed by atoms with Crippen molar-refractivity contribution in [2.45, 2.75) is 50.7 Å². The molecule has 5 heteroatoms. The lowest BCUT2D eigenvalue weighted by molar-refractivity contribution is -0.136. The molecule has 0 aromatic heterocycles. The Morgan fingerprint density at radius 2 is 2.00 bits per heavy atom. The highest BCUT2D eigenvalue weighted by molar-refractivity contribution is 8.00. The predicted molar refractivity (Wildman–Crippen MR) is 58.6 cm³/mol. The minimum atomic E-state index is -2.57. The zero-order valence-corrected chi connectivity index (χ0v) is 9.95. The second-order valence-electron chi connectivity index (χ2n) is 3.73. The van der Waals surface area contributed by atoms with Crippen molar-refractivity contribution in [1.29, 1.82) is 0 Å². The Labute approximate surface area is 93.4 Å². The molecule has 0 aromatic carbocycles. The van der Waals surface area contributed by atoms with Crippen LogP contribution in [0.2, 0.25) is 0 Å². The van der Waals surface area contributed by atoms with E-state index in [1.807, 2.05) is 0 Å². The molecule has 15 heavy (non-hydrogen) atoms. The monoisotopic (exact) mass is 240 g/mol. The van der Waals surface area contributed by atoms with Crippen LogP contribution in [-0.4, -0.2) is 28.0 Å². The van der Waals surface area contributed by atoms with Gasteiger partial charge in [-0.05, 0) is 32.4 Å². The summed E-state index contributed by atoms with van der Waals surface area (Å²) >= 11 is 1.36. The van der Waals surface area contributed by atoms with Gasteiger partial charge < -0.3 is 5.11 Å². The number of alkyl halides is 2. The van der Waals surface area contributed by atoms with Crippen molar-refractivity contribution < 1.29 is 18.7 Å². The van der Waals surface area contributed by atoms with Crippen LogP contribution in [0, 0.1) is 0 Å². The number of aliphatic carboxylic acids is 1. The van der Waals surface area contributed by atoms with Crippen LogP contribution < -0.4 is 0 Å². The fourth-order valence-electron chi connectivity index (χ4n) is 1.05. The van der Waals surface area contributed by atoms with Gasteiger partial charge in [0, 0.05) is 6.42 Å². The molecule has 0 radical (unpaired) electrons. The number of hydrogen-bond donors (Lipinski definition) is 1. The molecule has 1 N–H and O–H groups in total. The Morgan fingerprint density at radius 1 is 1.40 bits per heavy atom. The molecule has 0 aromatic rings. The first-order valence-electron chi connectivity index (χ1n) is 5.05. The van der Waals surface area contributed by atoms with E-state index < -0.39 is 17.1 Å². The molecule has 1 atom stereocenters. The summed E-state index contributed by atoms with van der Waals surface area (Å²) in [6, 6.07) is 0. The van der Waals surface area contributed by atoms with Gasteiger partial charge in [0.25, 0.3) is 0 Å². The van der Waals surface area contributed by atoms with Crippen LogP contribution in [0.25, 0.3) is 0 Å². The molecule has 90 valence electrons. The van der Waals surface area contributed by atoms with Crippen LogP contribution in [0.1, 0.15) is 39.5 Å². The van der Waals surface area contributed by atoms with Gasteiger partial charge in [0.05, 0.1) is 5.25 Å². The lowest BCUT2D eigenvalue weighted by Gasteiger charge is -2.09. The third-order valence-electron chi connectivity index (χ3n) is 1.98. The summed E-state index contributed by atoms with van der Waals surface area (Å²) in [5.41, 5.74) is 0. The fourth-order valence-corrected chi connectivity index (χ4v) is 1.91. The number of hydrogen-bond acceptors (Lipinski definition) is 2. The van der Waals surface area contributed by atoms with E-state index in [1.54, 1.807) is 6.92 Å². The molecule has 0 fully saturated rings. The lowest BCUT2D eigenvalue weighted by atomic mass is 10.1. The molecular formula is C10H18F2O2S. The third kappa shape index (κ3) is 9.97. The van der Waals surface area contributed by atoms with Gasteiger partial charge in [0.2, 0.25) is 5.92 Å². The molecule has 0 bridgehead atoms. The maximum absolute atomic E-state index is 12.4. The van der Waals surface area contributed by atoms with Crippen LogP contribution in [0.15, 0.2) is 0 Å². The average molecular weight is 240 g/mol. The molecular weight excluding hydrogens is 222 g/mol. The van der Waals surface area contributed by atoms with Gasteiger partial charge in [-0.1, -0.05) is 6.42 Å². The molecule has 0 heterocycles. The van der Waals surface area contributed by atoms with E-state index in [0.29, 0.717) is 6.42 Å². The van der Waals surface area contributed by atoms with E-state index in [9.17, 15) is 13.6 Å². The summed E-state index contributed by atoms with van der Waals surface area (Å²) in [5, 5.41) is 8.17. The van der Waals surface area contributed by atoms with Crippen LogP contribution in [0.4, 0.5) is 8.78 Å². The second-order valence-corrected chi connectivity index (χ2v) is 5.18. The number of carbonyl (C=O) groups is 1. The molecule has 0 amide bonds. The van der Waals surface area contributed by atoms with E-state index in [4.69, 9.17) is 5.11 Å². The van der Waals surface area contributed by atoms with Gasteiger partial charge in [0.1, 0.15) is 0 Å². The van der Waals surface area contributed by atoms with Crippen molar-refractivity contribution in [3.8, 4) is 0 Å². The largest absolute Gasteiger partial charge is 0.480 e. The van der Waals surface area contributed by atoms with E-state index in [1.165, 1.54) is 11.8 Å². The maximum atomic E-state index is 12.4. The first-order valence-corrected chi connectivity index (χ1v) is 6.10. The van der Waals surface area contributed by atoms with Crippen molar-refractivity contribution in [2.24, 2.45) is 0 Å². The highest BCUT2D eigenvalue weighted by Crippen LogP contribution is 2.21. The number of carboxylic acid groups (broad SMARTS) is 1. The SMILES string of the molecule is CC(SCCCCCC(C)(F)F)C(=O)O. The fraction of sp³-hybridized carbons (Fsp3) is 0.900. The van der Waals surface area contributed by atoms with Crippen molar-refractivity contribution in [1.82, 2.24) is 0 Å². The summed E-state index contributed by atoms with van der Waals surface area (Å²) < 4.78 is 24.8. The summed E-state index contributed by atoms with van der Waals surface area (Å²) in [7, 11) is 0. The second kappa shape index (κ2) is 7.04. The predicted octanol–water partition coefficient (Wildman–Crippen LogP) is 3.41. The van der Waals surface area contributed by atoms with Crippen molar-refractivity contribution >= 4 is 17.7 Å². The van der Waals surface area contributed by atoms with Crippen LogP contribution in [0.3, 0.4) is 0 Å². The topological polar surface area (TPSA) is 37.3 Å². The third-order valence-corrected chi connectivity index (χ3v) is 3.20. The molecule has 1 unspecified atom stereocenters. The van der Waals surface area contributed by atoms with Crippen molar-refractivity contribution in [3.63, 3.8) is 0 Å². The lowest BCUT2D eigenvalue weighted by Crippen LogP contribution is -2.12. The number of thioether (sulfide) groups is 1. The molecule has 0 saturated heterocycles. The van der Waals surface area contributed by atoms with E-state index in [2.05, 4.69) is 0 Å². The highest BCUT2D eigenvalue weighted by atomic mass is 32.2. The molecule has 0 spiro atoms. The van der Waals surface area contributed by atoms with Gasteiger partial charge in [-0.2, -0.15) is 0 Å². The quantitative estimate of drug-likeness (QED) is 0.661. The Bertz CT molecular complexity index is 192. The van der Waals surface area contributed by atoms with Crippen molar-refractivity contribution in [3.05, 3.63) is 0 Å². The smallest absolute Gasteiger partial charge is 0.316 e. The minimum absolute atomic E-state index is 0.0772. The zero-order chi connectivity index (χ0) is 11.9. The van der Waals surface area contributed by atoms with E-state index in [-0.39, 0.29) is 6.42 Å². The summed E-state index contributed by atoms with van der Waals surface area (Å²) in [4.78, 5) is 10.4. The minimum Gasteiger partial charge on any atom is -0.480 e. The molecule has 0 rings (SSSR count). The molecule has 2 nitrogen and oxygen atoms in total. The van der Waals surface area contributed by atoms with Crippen LogP contribution in [0.5, 0.6) is 0 Å². The number of carboxylic acids is 1. The van der Waals surface area contributed by atoms with Crippen LogP contribution >= 0.6 is 11.8 Å². The van der Waals surface area contributed by atoms with Gasteiger partial charge in [0.15, 0.2) is 0 Å². The maximum Gasteiger partial charge on any atom is 0.316 e. The Hall–Kier alpha value is -0.320. The molecule has 0 aliphatic heterocycles. The average Bonchev–Trinajstić information content (AvgIpc) is 2.08.